The van der Waals surface area contributed by atoms with Gasteiger partial charge in [-0.15, -0.1) is 0 Å². The quantitative estimate of drug-likeness (QED) is 0.894. The van der Waals surface area contributed by atoms with Crippen molar-refractivity contribution in [2.45, 2.75) is 51.3 Å². The van der Waals surface area contributed by atoms with Crippen LogP contribution in [-0.4, -0.2) is 23.2 Å². The molecule has 1 fully saturated rings. The van der Waals surface area contributed by atoms with Crippen LogP contribution in [0.4, 0.5) is 0 Å². The van der Waals surface area contributed by atoms with Gasteiger partial charge in [-0.25, -0.2) is 4.79 Å². The maximum absolute atomic E-state index is 11.0. The van der Waals surface area contributed by atoms with Crippen LogP contribution in [0.2, 0.25) is 0 Å². The zero-order chi connectivity index (χ0) is 17.6. The highest BCUT2D eigenvalue weighted by atomic mass is 16.5. The number of hydrogen-bond donors (Lipinski definition) is 2. The number of ether oxygens (including phenoxy) is 1. The first-order chi connectivity index (χ1) is 12.0. The Morgan fingerprint density at radius 2 is 1.80 bits per heavy atom. The van der Waals surface area contributed by atoms with Gasteiger partial charge < -0.3 is 15.2 Å². The third kappa shape index (κ3) is 2.91. The van der Waals surface area contributed by atoms with E-state index in [1.807, 2.05) is 12.1 Å². The van der Waals surface area contributed by atoms with E-state index in [1.165, 1.54) is 16.7 Å². The first kappa shape index (κ1) is 16.2. The van der Waals surface area contributed by atoms with Crippen molar-refractivity contribution in [3.8, 4) is 5.75 Å². The highest BCUT2D eigenvalue weighted by molar-refractivity contribution is 5.87. The van der Waals surface area contributed by atoms with Gasteiger partial charge in [-0.1, -0.05) is 24.3 Å². The molecule has 25 heavy (non-hydrogen) atoms. The van der Waals surface area contributed by atoms with E-state index in [1.54, 1.807) is 12.1 Å². The highest BCUT2D eigenvalue weighted by Crippen LogP contribution is 2.38. The smallest absolute Gasteiger partial charge is 0.335 e. The third-order valence-electron chi connectivity index (χ3n) is 5.56. The second kappa shape index (κ2) is 6.19. The first-order valence-corrected chi connectivity index (χ1v) is 8.88. The van der Waals surface area contributed by atoms with E-state index >= 15 is 0 Å². The van der Waals surface area contributed by atoms with Gasteiger partial charge in [0.05, 0.1) is 5.56 Å². The average molecular weight is 337 g/mol. The van der Waals surface area contributed by atoms with E-state index in [0.29, 0.717) is 11.6 Å². The Bertz CT molecular complexity index is 782. The Labute approximate surface area is 147 Å². The van der Waals surface area contributed by atoms with Crippen LogP contribution in [0.3, 0.4) is 0 Å². The zero-order valence-electron chi connectivity index (χ0n) is 14.6. The largest absolute Gasteiger partial charge is 0.488 e. The van der Waals surface area contributed by atoms with Crippen molar-refractivity contribution in [2.75, 3.05) is 0 Å². The lowest BCUT2D eigenvalue weighted by Crippen LogP contribution is -2.38. The molecule has 2 heterocycles. The molecule has 4 nitrogen and oxygen atoms in total. The molecule has 0 spiro atoms. The Morgan fingerprint density at radius 3 is 2.48 bits per heavy atom. The lowest BCUT2D eigenvalue weighted by Gasteiger charge is -2.21. The maximum Gasteiger partial charge on any atom is 0.335 e. The predicted molar refractivity (Wildman–Crippen MR) is 96.3 cm³/mol. The van der Waals surface area contributed by atoms with Gasteiger partial charge in [0.1, 0.15) is 11.9 Å². The Kier molecular flexibility index (Phi) is 4.00. The molecule has 2 N–H and O–H groups in total. The van der Waals surface area contributed by atoms with E-state index in [2.05, 4.69) is 31.3 Å². The number of aromatic carboxylic acids is 1. The predicted octanol–water partition coefficient (Wildman–Crippen LogP) is 3.80. The lowest BCUT2D eigenvalue weighted by atomic mass is 9.98. The number of carboxylic acid groups (broad SMARTS) is 1. The number of benzene rings is 2. The van der Waals surface area contributed by atoms with Crippen LogP contribution < -0.4 is 10.1 Å². The van der Waals surface area contributed by atoms with Gasteiger partial charge in [-0.3, -0.25) is 0 Å². The van der Waals surface area contributed by atoms with Gasteiger partial charge in [0.2, 0.25) is 0 Å². The standard InChI is InChI=1S/C21H23NO3/c1-12-3-4-13(2)20-16(12)11-19(25-20)18-10-9-17(22-18)14-5-7-15(8-6-14)21(23)24/h3-8,17-19,22H,9-11H2,1-2H3,(H,23,24). The van der Waals surface area contributed by atoms with Crippen LogP contribution in [0.15, 0.2) is 36.4 Å². The van der Waals surface area contributed by atoms with Crippen molar-refractivity contribution >= 4 is 5.97 Å². The number of hydrogen-bond acceptors (Lipinski definition) is 3. The van der Waals surface area contributed by atoms with Crippen molar-refractivity contribution in [3.63, 3.8) is 0 Å². The van der Waals surface area contributed by atoms with Crippen LogP contribution in [0, 0.1) is 13.8 Å². The second-order valence-corrected chi connectivity index (χ2v) is 7.20. The fourth-order valence-electron chi connectivity index (χ4n) is 4.07. The summed E-state index contributed by atoms with van der Waals surface area (Å²) >= 11 is 0. The third-order valence-corrected chi connectivity index (χ3v) is 5.56. The molecule has 0 radical (unpaired) electrons. The fraction of sp³-hybridized carbons (Fsp3) is 0.381. The number of nitrogens with one attached hydrogen (secondary N) is 1. The molecule has 4 rings (SSSR count). The van der Waals surface area contributed by atoms with Gasteiger partial charge >= 0.3 is 5.97 Å². The summed E-state index contributed by atoms with van der Waals surface area (Å²) in [5.41, 5.74) is 5.35. The van der Waals surface area contributed by atoms with Gasteiger partial charge in [0, 0.05) is 24.1 Å². The van der Waals surface area contributed by atoms with Crippen molar-refractivity contribution in [2.24, 2.45) is 0 Å². The summed E-state index contributed by atoms with van der Waals surface area (Å²) in [5.74, 6) is 0.188. The fourth-order valence-corrected chi connectivity index (χ4v) is 4.07. The number of carboxylic acids is 1. The van der Waals surface area contributed by atoms with Gasteiger partial charge in [-0.2, -0.15) is 0 Å². The Balaban J connectivity index is 1.46. The average Bonchev–Trinajstić information content (AvgIpc) is 3.26. The summed E-state index contributed by atoms with van der Waals surface area (Å²) < 4.78 is 6.30. The molecular formula is C21H23NO3. The first-order valence-electron chi connectivity index (χ1n) is 8.88. The molecule has 0 aromatic heterocycles. The Hall–Kier alpha value is -2.33. The molecule has 0 aliphatic carbocycles. The zero-order valence-corrected chi connectivity index (χ0v) is 14.6. The van der Waals surface area contributed by atoms with Crippen molar-refractivity contribution in [1.82, 2.24) is 5.32 Å². The maximum atomic E-state index is 11.0. The molecule has 3 unspecified atom stereocenters. The Morgan fingerprint density at radius 1 is 1.08 bits per heavy atom. The highest BCUT2D eigenvalue weighted by Gasteiger charge is 2.36. The van der Waals surface area contributed by atoms with E-state index in [4.69, 9.17) is 9.84 Å². The minimum Gasteiger partial charge on any atom is -0.488 e. The summed E-state index contributed by atoms with van der Waals surface area (Å²) in [5, 5.41) is 12.7. The van der Waals surface area contributed by atoms with Crippen molar-refractivity contribution in [3.05, 3.63) is 64.2 Å². The summed E-state index contributed by atoms with van der Waals surface area (Å²) in [7, 11) is 0. The van der Waals surface area contributed by atoms with E-state index in [0.717, 1.165) is 30.6 Å². The molecule has 2 aliphatic rings. The summed E-state index contributed by atoms with van der Waals surface area (Å²) in [6.07, 6.45) is 3.26. The summed E-state index contributed by atoms with van der Waals surface area (Å²) in [6.45, 7) is 4.26. The minimum atomic E-state index is -0.883. The summed E-state index contributed by atoms with van der Waals surface area (Å²) in [4.78, 5) is 11.0. The molecular weight excluding hydrogens is 314 g/mol. The van der Waals surface area contributed by atoms with Crippen LogP contribution in [0.5, 0.6) is 5.75 Å². The normalized spacial score (nSPS) is 24.8. The van der Waals surface area contributed by atoms with E-state index in [9.17, 15) is 4.79 Å². The van der Waals surface area contributed by atoms with Gasteiger partial charge in [-0.05, 0) is 55.5 Å². The molecule has 130 valence electrons. The van der Waals surface area contributed by atoms with Crippen molar-refractivity contribution in [1.29, 1.82) is 0 Å². The molecule has 0 bridgehead atoms. The number of aryl methyl sites for hydroxylation is 2. The van der Waals surface area contributed by atoms with Gasteiger partial charge in [0.25, 0.3) is 0 Å². The number of carbonyl (C=O) groups is 1. The van der Waals surface area contributed by atoms with Crippen LogP contribution in [-0.2, 0) is 6.42 Å². The topological polar surface area (TPSA) is 58.6 Å². The molecule has 0 saturated carbocycles. The van der Waals surface area contributed by atoms with E-state index in [-0.39, 0.29) is 12.1 Å². The van der Waals surface area contributed by atoms with Crippen LogP contribution >= 0.6 is 0 Å². The SMILES string of the molecule is Cc1ccc(C)c2c1CC(C1CCC(c3ccc(C(=O)O)cc3)N1)O2. The lowest BCUT2D eigenvalue weighted by molar-refractivity contribution is 0.0697. The second-order valence-electron chi connectivity index (χ2n) is 7.20. The molecule has 0 amide bonds. The molecule has 4 heteroatoms. The van der Waals surface area contributed by atoms with Crippen LogP contribution in [0.25, 0.3) is 0 Å². The molecule has 1 saturated heterocycles. The van der Waals surface area contributed by atoms with Crippen molar-refractivity contribution < 1.29 is 14.6 Å². The summed E-state index contributed by atoms with van der Waals surface area (Å²) in [6, 6.07) is 12.1. The number of fused-ring (bicyclic) bond motifs is 1. The molecule has 2 aromatic rings. The van der Waals surface area contributed by atoms with E-state index < -0.39 is 5.97 Å². The minimum absolute atomic E-state index is 0.179. The molecule has 2 aliphatic heterocycles. The molecule has 3 atom stereocenters. The number of rotatable bonds is 3. The molecule has 2 aromatic carbocycles. The monoisotopic (exact) mass is 337 g/mol. The van der Waals surface area contributed by atoms with Crippen LogP contribution in [0.1, 0.15) is 51.5 Å². The van der Waals surface area contributed by atoms with Gasteiger partial charge in [0.15, 0.2) is 0 Å².